The van der Waals surface area contributed by atoms with Gasteiger partial charge in [0.1, 0.15) is 5.82 Å². The fourth-order valence-corrected chi connectivity index (χ4v) is 6.23. The second-order valence-corrected chi connectivity index (χ2v) is 10.4. The number of rotatable bonds is 4. The molecule has 2 amide bonds. The second kappa shape index (κ2) is 9.70. The molecule has 8 nitrogen and oxygen atoms in total. The Morgan fingerprint density at radius 1 is 1.05 bits per heavy atom. The number of aromatic nitrogens is 2. The Labute approximate surface area is 213 Å². The van der Waals surface area contributed by atoms with Gasteiger partial charge in [-0.2, -0.15) is 5.10 Å². The van der Waals surface area contributed by atoms with Gasteiger partial charge in [0, 0.05) is 31.4 Å². The summed E-state index contributed by atoms with van der Waals surface area (Å²) in [5.41, 5.74) is 1.15. The van der Waals surface area contributed by atoms with Crippen LogP contribution in [0.25, 0.3) is 10.8 Å². The number of hydrogen-bond acceptors (Lipinski definition) is 5. The molecule has 1 aromatic heterocycles. The normalized spacial score (nSPS) is 23.4. The Hall–Kier alpha value is -3.59. The third-order valence-corrected chi connectivity index (χ3v) is 8.12. The molecule has 9 heteroatoms. The predicted octanol–water partition coefficient (Wildman–Crippen LogP) is 2.47. The highest BCUT2D eigenvalue weighted by Crippen LogP contribution is 2.33. The molecular weight excluding hydrogens is 473 g/mol. The molecular formula is C28H30FN5O3. The zero-order chi connectivity index (χ0) is 25.5. The first-order valence-electron chi connectivity index (χ1n) is 13.1. The quantitative estimate of drug-likeness (QED) is 0.570. The van der Waals surface area contributed by atoms with Gasteiger partial charge in [-0.15, -0.1) is 0 Å². The first-order chi connectivity index (χ1) is 18.0. The summed E-state index contributed by atoms with van der Waals surface area (Å²) in [5, 5.41) is 11.3. The minimum atomic E-state index is -0.564. The van der Waals surface area contributed by atoms with Crippen molar-refractivity contribution in [2.24, 2.45) is 5.92 Å². The number of aromatic amines is 1. The lowest BCUT2D eigenvalue weighted by molar-refractivity contribution is -0.137. The summed E-state index contributed by atoms with van der Waals surface area (Å²) in [7, 11) is 0. The van der Waals surface area contributed by atoms with Gasteiger partial charge < -0.3 is 15.1 Å². The third kappa shape index (κ3) is 4.41. The van der Waals surface area contributed by atoms with E-state index in [1.807, 2.05) is 17.0 Å². The fraction of sp³-hybridized carbons (Fsp3) is 0.429. The molecule has 3 aliphatic heterocycles. The van der Waals surface area contributed by atoms with Crippen LogP contribution in [-0.2, 0) is 11.2 Å². The van der Waals surface area contributed by atoms with Crippen molar-refractivity contribution in [2.75, 3.05) is 26.2 Å². The summed E-state index contributed by atoms with van der Waals surface area (Å²) >= 11 is 0. The second-order valence-electron chi connectivity index (χ2n) is 10.4. The number of benzene rings is 2. The molecule has 3 fully saturated rings. The highest BCUT2D eigenvalue weighted by atomic mass is 19.1. The van der Waals surface area contributed by atoms with Gasteiger partial charge in [-0.3, -0.25) is 14.4 Å². The molecule has 0 bridgehead atoms. The molecule has 192 valence electrons. The topological polar surface area (TPSA) is 98.4 Å². The predicted molar refractivity (Wildman–Crippen MR) is 137 cm³/mol. The van der Waals surface area contributed by atoms with Crippen molar-refractivity contribution in [3.63, 3.8) is 0 Å². The standard InChI is InChI=1S/C28H30FN5O3/c29-22-10-9-17(14-24-19-6-1-2-7-20(19)26(35)32-31-24)13-21(22)27(36)33-15-18-5-4-12-34(25(18)16-33)28(37)23-8-3-11-30-23/h1-2,6-7,9-10,13,18,23,25,30H,3-5,8,11-12,14-16H2,(H,32,35). The average molecular weight is 504 g/mol. The van der Waals surface area contributed by atoms with Crippen molar-refractivity contribution in [3.05, 3.63) is 75.5 Å². The lowest BCUT2D eigenvalue weighted by atomic mass is 9.91. The van der Waals surface area contributed by atoms with E-state index in [9.17, 15) is 18.8 Å². The molecule has 0 saturated carbocycles. The van der Waals surface area contributed by atoms with Crippen LogP contribution in [0.3, 0.4) is 0 Å². The molecule has 0 radical (unpaired) electrons. The summed E-state index contributed by atoms with van der Waals surface area (Å²) in [6.07, 6.45) is 4.09. The maximum Gasteiger partial charge on any atom is 0.272 e. The number of halogens is 1. The molecule has 0 aliphatic carbocycles. The van der Waals surface area contributed by atoms with Crippen molar-refractivity contribution in [2.45, 2.75) is 44.2 Å². The summed E-state index contributed by atoms with van der Waals surface area (Å²) in [6, 6.07) is 11.6. The molecule has 37 heavy (non-hydrogen) atoms. The highest BCUT2D eigenvalue weighted by Gasteiger charge is 2.44. The first kappa shape index (κ1) is 23.8. The maximum atomic E-state index is 14.9. The molecule has 3 aromatic rings. The maximum absolute atomic E-state index is 14.9. The molecule has 3 unspecified atom stereocenters. The van der Waals surface area contributed by atoms with E-state index in [4.69, 9.17) is 0 Å². The largest absolute Gasteiger partial charge is 0.336 e. The molecule has 3 saturated heterocycles. The SMILES string of the molecule is O=C(c1cc(Cc2n[nH]c(=O)c3ccccc23)ccc1F)N1CC2CCCN(C(=O)C3CCCN3)C2C1. The molecule has 6 rings (SSSR count). The fourth-order valence-electron chi connectivity index (χ4n) is 6.23. The lowest BCUT2D eigenvalue weighted by Crippen LogP contribution is -2.53. The summed E-state index contributed by atoms with van der Waals surface area (Å²) in [4.78, 5) is 42.4. The van der Waals surface area contributed by atoms with E-state index in [1.54, 1.807) is 29.2 Å². The number of carbonyl (C=O) groups is 2. The molecule has 2 N–H and O–H groups in total. The Kier molecular flexibility index (Phi) is 6.24. The Morgan fingerprint density at radius 2 is 1.89 bits per heavy atom. The van der Waals surface area contributed by atoms with Gasteiger partial charge in [0.2, 0.25) is 5.91 Å². The number of fused-ring (bicyclic) bond motifs is 2. The van der Waals surface area contributed by atoms with Gasteiger partial charge in [0.15, 0.2) is 0 Å². The van der Waals surface area contributed by atoms with E-state index < -0.39 is 5.82 Å². The summed E-state index contributed by atoms with van der Waals surface area (Å²) in [5.74, 6) is -0.563. The van der Waals surface area contributed by atoms with Crippen LogP contribution in [0, 0.1) is 11.7 Å². The van der Waals surface area contributed by atoms with Crippen molar-refractivity contribution in [1.29, 1.82) is 0 Å². The first-order valence-corrected chi connectivity index (χ1v) is 13.1. The monoisotopic (exact) mass is 503 g/mol. The average Bonchev–Trinajstić information content (AvgIpc) is 3.61. The van der Waals surface area contributed by atoms with E-state index in [1.165, 1.54) is 6.07 Å². The van der Waals surface area contributed by atoms with Crippen molar-refractivity contribution >= 4 is 22.6 Å². The van der Waals surface area contributed by atoms with E-state index in [2.05, 4.69) is 15.5 Å². The van der Waals surface area contributed by atoms with Crippen LogP contribution in [0.4, 0.5) is 4.39 Å². The number of likely N-dealkylation sites (tertiary alicyclic amines) is 2. The number of piperidine rings is 1. The minimum Gasteiger partial charge on any atom is -0.336 e. The van der Waals surface area contributed by atoms with E-state index in [-0.39, 0.29) is 40.9 Å². The highest BCUT2D eigenvalue weighted by molar-refractivity contribution is 5.95. The van der Waals surface area contributed by atoms with E-state index in [0.717, 1.165) is 43.2 Å². The number of nitrogens with one attached hydrogen (secondary N) is 2. The van der Waals surface area contributed by atoms with Gasteiger partial charge in [0.25, 0.3) is 11.5 Å². The van der Waals surface area contributed by atoms with Gasteiger partial charge in [-0.05, 0) is 61.9 Å². The minimum absolute atomic E-state index is 0.0180. The smallest absolute Gasteiger partial charge is 0.272 e. The van der Waals surface area contributed by atoms with Crippen molar-refractivity contribution in [3.8, 4) is 0 Å². The van der Waals surface area contributed by atoms with Crippen LogP contribution in [0.1, 0.15) is 47.3 Å². The van der Waals surface area contributed by atoms with Crippen LogP contribution in [-0.4, -0.2) is 70.1 Å². The lowest BCUT2D eigenvalue weighted by Gasteiger charge is -2.38. The summed E-state index contributed by atoms with van der Waals surface area (Å²) in [6.45, 7) is 2.53. The molecule has 4 heterocycles. The Bertz CT molecular complexity index is 1420. The van der Waals surface area contributed by atoms with Crippen LogP contribution in [0.2, 0.25) is 0 Å². The van der Waals surface area contributed by atoms with Gasteiger partial charge in [0.05, 0.1) is 28.7 Å². The van der Waals surface area contributed by atoms with E-state index >= 15 is 0 Å². The molecule has 2 aromatic carbocycles. The molecule has 0 spiro atoms. The molecule has 3 aliphatic rings. The van der Waals surface area contributed by atoms with Crippen LogP contribution >= 0.6 is 0 Å². The van der Waals surface area contributed by atoms with Crippen molar-refractivity contribution in [1.82, 2.24) is 25.3 Å². The third-order valence-electron chi connectivity index (χ3n) is 8.12. The van der Waals surface area contributed by atoms with Crippen molar-refractivity contribution < 1.29 is 14.0 Å². The van der Waals surface area contributed by atoms with Gasteiger partial charge >= 0.3 is 0 Å². The van der Waals surface area contributed by atoms with E-state index in [0.29, 0.717) is 37.1 Å². The summed E-state index contributed by atoms with van der Waals surface area (Å²) < 4.78 is 14.9. The number of carbonyl (C=O) groups excluding carboxylic acids is 2. The van der Waals surface area contributed by atoms with Crippen LogP contribution in [0.5, 0.6) is 0 Å². The van der Waals surface area contributed by atoms with Gasteiger partial charge in [-0.1, -0.05) is 24.3 Å². The number of hydrogen-bond donors (Lipinski definition) is 2. The zero-order valence-corrected chi connectivity index (χ0v) is 20.6. The van der Waals surface area contributed by atoms with Crippen LogP contribution < -0.4 is 10.9 Å². The van der Waals surface area contributed by atoms with Crippen LogP contribution in [0.15, 0.2) is 47.3 Å². The zero-order valence-electron chi connectivity index (χ0n) is 20.6. The molecule has 3 atom stereocenters. The Balaban J connectivity index is 1.22. The number of nitrogens with zero attached hydrogens (tertiary/aromatic N) is 3. The number of H-pyrrole nitrogens is 1. The number of amides is 2. The van der Waals surface area contributed by atoms with Gasteiger partial charge in [-0.25, -0.2) is 9.49 Å². The Morgan fingerprint density at radius 3 is 2.70 bits per heavy atom.